The minimum absolute atomic E-state index is 0.126. The first kappa shape index (κ1) is 15.6. The third-order valence-electron chi connectivity index (χ3n) is 4.42. The molecule has 1 saturated carbocycles. The van der Waals surface area contributed by atoms with Crippen molar-refractivity contribution >= 4 is 11.6 Å². The van der Waals surface area contributed by atoms with Crippen LogP contribution in [0.5, 0.6) is 5.75 Å². The van der Waals surface area contributed by atoms with Crippen LogP contribution >= 0.6 is 11.6 Å². The number of halogens is 1. The maximum Gasteiger partial charge on any atom is 0.137 e. The maximum atomic E-state index is 9.73. The summed E-state index contributed by atoms with van der Waals surface area (Å²) in [7, 11) is 1.61. The molecule has 0 amide bonds. The van der Waals surface area contributed by atoms with Crippen LogP contribution in [0.15, 0.2) is 18.2 Å². The molecule has 2 N–H and O–H groups in total. The lowest BCUT2D eigenvalue weighted by molar-refractivity contribution is 0.104. The molecular weight excluding hydrogens is 274 g/mol. The molecule has 0 spiro atoms. The number of benzene rings is 1. The van der Waals surface area contributed by atoms with Gasteiger partial charge in [0.25, 0.3) is 0 Å². The Bertz CT molecular complexity index is 442. The second-order valence-electron chi connectivity index (χ2n) is 5.94. The molecule has 3 nitrogen and oxygen atoms in total. The van der Waals surface area contributed by atoms with Crippen molar-refractivity contribution in [3.63, 3.8) is 0 Å². The standard InChI is InChI=1S/C16H24ClNO2/c1-12-5-7-16(11-19,8-6-12)18-10-13-3-4-15(20-2)14(17)9-13/h3-4,9,12,18-19H,5-8,10-11H2,1-2H3. The molecule has 4 heteroatoms. The van der Waals surface area contributed by atoms with Gasteiger partial charge < -0.3 is 15.2 Å². The lowest BCUT2D eigenvalue weighted by Gasteiger charge is -2.39. The van der Waals surface area contributed by atoms with Crippen molar-refractivity contribution in [1.82, 2.24) is 5.32 Å². The molecule has 0 heterocycles. The van der Waals surface area contributed by atoms with E-state index in [0.29, 0.717) is 10.8 Å². The van der Waals surface area contributed by atoms with Gasteiger partial charge in [-0.15, -0.1) is 0 Å². The van der Waals surface area contributed by atoms with Crippen LogP contribution in [0.25, 0.3) is 0 Å². The average molecular weight is 298 g/mol. The molecule has 1 aromatic carbocycles. The zero-order valence-electron chi connectivity index (χ0n) is 12.3. The van der Waals surface area contributed by atoms with Gasteiger partial charge in [0.2, 0.25) is 0 Å². The molecule has 112 valence electrons. The maximum absolute atomic E-state index is 9.73. The average Bonchev–Trinajstić information content (AvgIpc) is 2.47. The molecule has 1 aliphatic carbocycles. The van der Waals surface area contributed by atoms with Gasteiger partial charge in [-0.25, -0.2) is 0 Å². The van der Waals surface area contributed by atoms with E-state index in [9.17, 15) is 5.11 Å². The molecule has 0 unspecified atom stereocenters. The van der Waals surface area contributed by atoms with E-state index in [1.54, 1.807) is 7.11 Å². The Balaban J connectivity index is 1.98. The first-order valence-corrected chi connectivity index (χ1v) is 7.65. The normalized spacial score (nSPS) is 26.5. The van der Waals surface area contributed by atoms with Gasteiger partial charge in [0.1, 0.15) is 5.75 Å². The van der Waals surface area contributed by atoms with Crippen molar-refractivity contribution in [1.29, 1.82) is 0 Å². The van der Waals surface area contributed by atoms with Gasteiger partial charge in [-0.1, -0.05) is 24.6 Å². The first-order valence-electron chi connectivity index (χ1n) is 7.27. The largest absolute Gasteiger partial charge is 0.495 e. The van der Waals surface area contributed by atoms with Crippen molar-refractivity contribution in [2.24, 2.45) is 5.92 Å². The summed E-state index contributed by atoms with van der Waals surface area (Å²) in [5, 5.41) is 13.9. The van der Waals surface area contributed by atoms with E-state index in [2.05, 4.69) is 12.2 Å². The van der Waals surface area contributed by atoms with E-state index in [0.717, 1.165) is 30.9 Å². The number of aliphatic hydroxyl groups is 1. The number of nitrogens with one attached hydrogen (secondary N) is 1. The smallest absolute Gasteiger partial charge is 0.137 e. The number of aliphatic hydroxyl groups excluding tert-OH is 1. The molecule has 2 rings (SSSR count). The monoisotopic (exact) mass is 297 g/mol. The molecule has 0 radical (unpaired) electrons. The predicted octanol–water partition coefficient (Wildman–Crippen LogP) is 3.38. The molecule has 1 fully saturated rings. The van der Waals surface area contributed by atoms with Crippen molar-refractivity contribution in [2.45, 2.75) is 44.7 Å². The van der Waals surface area contributed by atoms with Gasteiger partial charge in [-0.2, -0.15) is 0 Å². The Labute approximate surface area is 126 Å². The van der Waals surface area contributed by atoms with Crippen LogP contribution in [-0.2, 0) is 6.54 Å². The summed E-state index contributed by atoms with van der Waals surface area (Å²) in [6.45, 7) is 3.20. The molecule has 20 heavy (non-hydrogen) atoms. The lowest BCUT2D eigenvalue weighted by Crippen LogP contribution is -2.50. The minimum Gasteiger partial charge on any atom is -0.495 e. The molecule has 0 aliphatic heterocycles. The molecule has 0 atom stereocenters. The SMILES string of the molecule is COc1ccc(CNC2(CO)CCC(C)CC2)cc1Cl. The van der Waals surface area contributed by atoms with Crippen LogP contribution in [0, 0.1) is 5.92 Å². The second-order valence-corrected chi connectivity index (χ2v) is 6.35. The van der Waals surface area contributed by atoms with Crippen LogP contribution in [-0.4, -0.2) is 24.4 Å². The van der Waals surface area contributed by atoms with Crippen LogP contribution in [0.1, 0.15) is 38.2 Å². The van der Waals surface area contributed by atoms with Gasteiger partial charge in [0.15, 0.2) is 0 Å². The lowest BCUT2D eigenvalue weighted by atomic mass is 9.77. The van der Waals surface area contributed by atoms with Crippen LogP contribution in [0.2, 0.25) is 5.02 Å². The van der Waals surface area contributed by atoms with Gasteiger partial charge in [0, 0.05) is 12.1 Å². The Morgan fingerprint density at radius 2 is 2.10 bits per heavy atom. The molecule has 0 bridgehead atoms. The Kier molecular flexibility index (Phi) is 5.30. The summed E-state index contributed by atoms with van der Waals surface area (Å²) < 4.78 is 5.15. The predicted molar refractivity (Wildman–Crippen MR) is 82.3 cm³/mol. The van der Waals surface area contributed by atoms with E-state index in [1.165, 1.54) is 12.8 Å². The molecule has 0 aromatic heterocycles. The summed E-state index contributed by atoms with van der Waals surface area (Å²) in [6.07, 6.45) is 4.43. The summed E-state index contributed by atoms with van der Waals surface area (Å²) in [4.78, 5) is 0. The molecule has 0 saturated heterocycles. The summed E-state index contributed by atoms with van der Waals surface area (Å²) in [5.41, 5.74) is 0.987. The third kappa shape index (κ3) is 3.66. The molecule has 1 aliphatic rings. The van der Waals surface area contributed by atoms with Crippen molar-refractivity contribution in [3.05, 3.63) is 28.8 Å². The summed E-state index contributed by atoms with van der Waals surface area (Å²) in [5.74, 6) is 1.46. The van der Waals surface area contributed by atoms with Crippen LogP contribution < -0.4 is 10.1 Å². The van der Waals surface area contributed by atoms with E-state index in [1.807, 2.05) is 18.2 Å². The number of methoxy groups -OCH3 is 1. The number of hydrogen-bond acceptors (Lipinski definition) is 3. The highest BCUT2D eigenvalue weighted by atomic mass is 35.5. The highest BCUT2D eigenvalue weighted by Crippen LogP contribution is 2.32. The summed E-state index contributed by atoms with van der Waals surface area (Å²) >= 11 is 6.14. The van der Waals surface area contributed by atoms with Crippen LogP contribution in [0.4, 0.5) is 0 Å². The van der Waals surface area contributed by atoms with Gasteiger partial charge in [-0.05, 0) is 49.3 Å². The zero-order valence-corrected chi connectivity index (χ0v) is 13.0. The van der Waals surface area contributed by atoms with Crippen molar-refractivity contribution in [2.75, 3.05) is 13.7 Å². The number of ether oxygens (including phenoxy) is 1. The first-order chi connectivity index (χ1) is 9.58. The quantitative estimate of drug-likeness (QED) is 0.875. The van der Waals surface area contributed by atoms with E-state index in [4.69, 9.17) is 16.3 Å². The third-order valence-corrected chi connectivity index (χ3v) is 4.71. The number of hydrogen-bond donors (Lipinski definition) is 2. The Morgan fingerprint density at radius 1 is 1.40 bits per heavy atom. The number of rotatable bonds is 5. The van der Waals surface area contributed by atoms with E-state index >= 15 is 0 Å². The van der Waals surface area contributed by atoms with Gasteiger partial charge in [-0.3, -0.25) is 0 Å². The fraction of sp³-hybridized carbons (Fsp3) is 0.625. The molecule has 1 aromatic rings. The van der Waals surface area contributed by atoms with Gasteiger partial charge in [0.05, 0.1) is 18.7 Å². The zero-order chi connectivity index (χ0) is 14.6. The van der Waals surface area contributed by atoms with E-state index < -0.39 is 0 Å². The van der Waals surface area contributed by atoms with E-state index in [-0.39, 0.29) is 12.1 Å². The fourth-order valence-corrected chi connectivity index (χ4v) is 3.10. The highest BCUT2D eigenvalue weighted by Gasteiger charge is 2.32. The van der Waals surface area contributed by atoms with Gasteiger partial charge >= 0.3 is 0 Å². The van der Waals surface area contributed by atoms with Crippen LogP contribution in [0.3, 0.4) is 0 Å². The highest BCUT2D eigenvalue weighted by molar-refractivity contribution is 6.32. The van der Waals surface area contributed by atoms with Crippen molar-refractivity contribution < 1.29 is 9.84 Å². The minimum atomic E-state index is -0.126. The Morgan fingerprint density at radius 3 is 2.65 bits per heavy atom. The summed E-state index contributed by atoms with van der Waals surface area (Å²) in [6, 6.07) is 5.81. The topological polar surface area (TPSA) is 41.5 Å². The second kappa shape index (κ2) is 6.79. The fourth-order valence-electron chi connectivity index (χ4n) is 2.81. The Hall–Kier alpha value is -0.770. The van der Waals surface area contributed by atoms with Crippen molar-refractivity contribution in [3.8, 4) is 5.75 Å². The molecular formula is C16H24ClNO2.